The maximum Gasteiger partial charge on any atom is 0.338 e. The molecule has 0 saturated carbocycles. The van der Waals surface area contributed by atoms with E-state index in [9.17, 15) is 9.18 Å². The molecular formula is C15H14FN3O2. The van der Waals surface area contributed by atoms with E-state index in [0.29, 0.717) is 5.95 Å². The number of benzene rings is 1. The fourth-order valence-corrected chi connectivity index (χ4v) is 2.65. The largest absolute Gasteiger partial charge is 0.478 e. The molecule has 3 rings (SSSR count). The number of aromatic carboxylic acids is 1. The van der Waals surface area contributed by atoms with E-state index in [4.69, 9.17) is 5.11 Å². The number of rotatable bonds is 3. The summed E-state index contributed by atoms with van der Waals surface area (Å²) in [6.07, 6.45) is 4.45. The van der Waals surface area contributed by atoms with Crippen LogP contribution in [-0.2, 0) is 0 Å². The number of carboxylic acids is 1. The second-order valence-electron chi connectivity index (χ2n) is 4.98. The lowest BCUT2D eigenvalue weighted by Gasteiger charge is -2.25. The number of nitrogens with zero attached hydrogens (tertiary/aromatic N) is 3. The Morgan fingerprint density at radius 3 is 2.76 bits per heavy atom. The molecule has 2 heterocycles. The summed E-state index contributed by atoms with van der Waals surface area (Å²) in [6, 6.07) is 6.54. The Labute approximate surface area is 121 Å². The van der Waals surface area contributed by atoms with Crippen molar-refractivity contribution in [3.05, 3.63) is 53.6 Å². The van der Waals surface area contributed by atoms with E-state index in [-0.39, 0.29) is 17.4 Å². The molecule has 0 amide bonds. The zero-order valence-electron chi connectivity index (χ0n) is 11.2. The minimum absolute atomic E-state index is 0.0244. The van der Waals surface area contributed by atoms with Crippen LogP contribution in [0.1, 0.15) is 34.8 Å². The Balaban J connectivity index is 1.88. The molecule has 1 aliphatic rings. The van der Waals surface area contributed by atoms with Crippen LogP contribution in [-0.4, -0.2) is 27.6 Å². The molecule has 5 nitrogen and oxygen atoms in total. The molecule has 108 valence electrons. The first-order valence-electron chi connectivity index (χ1n) is 6.72. The van der Waals surface area contributed by atoms with Gasteiger partial charge in [0.15, 0.2) is 0 Å². The van der Waals surface area contributed by atoms with Crippen LogP contribution in [0.15, 0.2) is 36.7 Å². The predicted octanol–water partition coefficient (Wildman–Crippen LogP) is 2.66. The van der Waals surface area contributed by atoms with Crippen LogP contribution in [0.2, 0.25) is 0 Å². The van der Waals surface area contributed by atoms with Crippen LogP contribution in [0.4, 0.5) is 10.3 Å². The third-order valence-corrected chi connectivity index (χ3v) is 3.63. The van der Waals surface area contributed by atoms with Crippen molar-refractivity contribution < 1.29 is 14.3 Å². The van der Waals surface area contributed by atoms with E-state index in [1.807, 2.05) is 11.0 Å². The van der Waals surface area contributed by atoms with E-state index in [0.717, 1.165) is 24.9 Å². The first-order valence-corrected chi connectivity index (χ1v) is 6.72. The average molecular weight is 287 g/mol. The topological polar surface area (TPSA) is 66.3 Å². The Bertz CT molecular complexity index is 660. The standard InChI is InChI=1S/C15H14FN3O2/c16-12-4-1-3-10(7-12)13-5-2-6-19(13)15-17-8-11(9-18-15)14(20)21/h1,3-4,7-9,13H,2,5-6H2,(H,20,21). The smallest absolute Gasteiger partial charge is 0.338 e. The lowest BCUT2D eigenvalue weighted by Crippen LogP contribution is -2.24. The summed E-state index contributed by atoms with van der Waals surface area (Å²) in [7, 11) is 0. The lowest BCUT2D eigenvalue weighted by molar-refractivity contribution is 0.0696. The molecule has 2 aromatic rings. The molecule has 1 atom stereocenters. The van der Waals surface area contributed by atoms with Gasteiger partial charge < -0.3 is 10.0 Å². The number of carbonyl (C=O) groups is 1. The summed E-state index contributed by atoms with van der Waals surface area (Å²) in [5, 5.41) is 8.87. The van der Waals surface area contributed by atoms with E-state index >= 15 is 0 Å². The van der Waals surface area contributed by atoms with Crippen molar-refractivity contribution in [2.75, 3.05) is 11.4 Å². The Morgan fingerprint density at radius 2 is 2.10 bits per heavy atom. The van der Waals surface area contributed by atoms with E-state index in [1.165, 1.54) is 24.5 Å². The highest BCUT2D eigenvalue weighted by Gasteiger charge is 2.28. The van der Waals surface area contributed by atoms with Gasteiger partial charge in [-0.15, -0.1) is 0 Å². The van der Waals surface area contributed by atoms with Crippen LogP contribution < -0.4 is 4.90 Å². The van der Waals surface area contributed by atoms with Crippen molar-refractivity contribution in [3.8, 4) is 0 Å². The Morgan fingerprint density at radius 1 is 1.33 bits per heavy atom. The molecule has 1 aromatic heterocycles. The molecule has 1 fully saturated rings. The summed E-state index contributed by atoms with van der Waals surface area (Å²) < 4.78 is 13.4. The number of halogens is 1. The van der Waals surface area contributed by atoms with E-state index in [2.05, 4.69) is 9.97 Å². The highest BCUT2D eigenvalue weighted by molar-refractivity contribution is 5.86. The fourth-order valence-electron chi connectivity index (χ4n) is 2.65. The normalized spacial score (nSPS) is 18.0. The Hall–Kier alpha value is -2.50. The van der Waals surface area contributed by atoms with Gasteiger partial charge in [-0.2, -0.15) is 0 Å². The van der Waals surface area contributed by atoms with Crippen molar-refractivity contribution in [2.45, 2.75) is 18.9 Å². The molecule has 1 unspecified atom stereocenters. The van der Waals surface area contributed by atoms with Gasteiger partial charge in [-0.3, -0.25) is 0 Å². The number of hydrogen-bond donors (Lipinski definition) is 1. The van der Waals surface area contributed by atoms with Crippen molar-refractivity contribution >= 4 is 11.9 Å². The van der Waals surface area contributed by atoms with Gasteiger partial charge >= 0.3 is 5.97 Å². The number of hydrogen-bond acceptors (Lipinski definition) is 4. The van der Waals surface area contributed by atoms with Gasteiger partial charge in [0.25, 0.3) is 0 Å². The lowest BCUT2D eigenvalue weighted by atomic mass is 10.0. The summed E-state index contributed by atoms with van der Waals surface area (Å²) in [6.45, 7) is 0.771. The molecule has 6 heteroatoms. The zero-order valence-corrected chi connectivity index (χ0v) is 11.2. The summed E-state index contributed by atoms with van der Waals surface area (Å²) >= 11 is 0. The third-order valence-electron chi connectivity index (χ3n) is 3.63. The number of anilines is 1. The molecule has 0 bridgehead atoms. The Kier molecular flexibility index (Phi) is 3.51. The summed E-state index contributed by atoms with van der Waals surface area (Å²) in [5.74, 6) is -0.835. The summed E-state index contributed by atoms with van der Waals surface area (Å²) in [4.78, 5) is 21.0. The highest BCUT2D eigenvalue weighted by Crippen LogP contribution is 2.34. The third kappa shape index (κ3) is 2.69. The van der Waals surface area contributed by atoms with E-state index < -0.39 is 5.97 Å². The fraction of sp³-hybridized carbons (Fsp3) is 0.267. The molecule has 0 aliphatic carbocycles. The van der Waals surface area contributed by atoms with Crippen molar-refractivity contribution in [1.29, 1.82) is 0 Å². The van der Waals surface area contributed by atoms with Gasteiger partial charge in [0.05, 0.1) is 11.6 Å². The average Bonchev–Trinajstić information content (AvgIpc) is 2.97. The van der Waals surface area contributed by atoms with Crippen LogP contribution >= 0.6 is 0 Å². The first-order chi connectivity index (χ1) is 10.1. The molecule has 0 spiro atoms. The molecule has 1 N–H and O–H groups in total. The van der Waals surface area contributed by atoms with E-state index in [1.54, 1.807) is 6.07 Å². The molecule has 0 radical (unpaired) electrons. The van der Waals surface area contributed by atoms with Crippen LogP contribution in [0.5, 0.6) is 0 Å². The molecule has 21 heavy (non-hydrogen) atoms. The molecular weight excluding hydrogens is 273 g/mol. The van der Waals surface area contributed by atoms with Crippen molar-refractivity contribution in [2.24, 2.45) is 0 Å². The number of carboxylic acid groups (broad SMARTS) is 1. The monoisotopic (exact) mass is 287 g/mol. The predicted molar refractivity (Wildman–Crippen MR) is 74.7 cm³/mol. The minimum atomic E-state index is -1.05. The van der Waals surface area contributed by atoms with Crippen molar-refractivity contribution in [3.63, 3.8) is 0 Å². The van der Waals surface area contributed by atoms with Gasteiger partial charge in [0.2, 0.25) is 5.95 Å². The van der Waals surface area contributed by atoms with Gasteiger partial charge in [-0.05, 0) is 30.5 Å². The van der Waals surface area contributed by atoms with Crippen LogP contribution in [0.25, 0.3) is 0 Å². The second-order valence-corrected chi connectivity index (χ2v) is 4.98. The molecule has 1 aromatic carbocycles. The maximum absolute atomic E-state index is 13.4. The summed E-state index contributed by atoms with van der Waals surface area (Å²) in [5.41, 5.74) is 0.943. The van der Waals surface area contributed by atoms with Crippen molar-refractivity contribution in [1.82, 2.24) is 9.97 Å². The van der Waals surface area contributed by atoms with Crippen LogP contribution in [0.3, 0.4) is 0 Å². The van der Waals surface area contributed by atoms with Gasteiger partial charge in [0, 0.05) is 18.9 Å². The van der Waals surface area contributed by atoms with Gasteiger partial charge in [-0.25, -0.2) is 19.2 Å². The molecule has 1 aliphatic heterocycles. The van der Waals surface area contributed by atoms with Gasteiger partial charge in [0.1, 0.15) is 5.82 Å². The maximum atomic E-state index is 13.4. The SMILES string of the molecule is O=C(O)c1cnc(N2CCCC2c2cccc(F)c2)nc1. The van der Waals surface area contributed by atoms with Gasteiger partial charge in [-0.1, -0.05) is 12.1 Å². The quantitative estimate of drug-likeness (QED) is 0.940. The zero-order chi connectivity index (χ0) is 14.8. The number of aromatic nitrogens is 2. The van der Waals surface area contributed by atoms with Crippen LogP contribution in [0, 0.1) is 5.82 Å². The highest BCUT2D eigenvalue weighted by atomic mass is 19.1. The molecule has 1 saturated heterocycles. The first kappa shape index (κ1) is 13.5. The minimum Gasteiger partial charge on any atom is -0.478 e. The second kappa shape index (κ2) is 5.47.